The van der Waals surface area contributed by atoms with E-state index in [0.717, 1.165) is 32.1 Å². The van der Waals surface area contributed by atoms with E-state index < -0.39 is 25.9 Å². The Morgan fingerprint density at radius 2 is 1.76 bits per heavy atom. The molecule has 0 aromatic carbocycles. The van der Waals surface area contributed by atoms with Gasteiger partial charge in [0.15, 0.2) is 19.3 Å². The van der Waals surface area contributed by atoms with Crippen LogP contribution < -0.4 is 4.90 Å². The number of carboxylic acids is 1. The Kier molecular flexibility index (Phi) is 8.51. The van der Waals surface area contributed by atoms with Crippen LogP contribution in [-0.2, 0) is 9.22 Å². The SMILES string of the molecule is CSc1ncc2c(n1)N(C1(CO[Si](C(C)C)(C(C)C)C(C)C)CCCCC1)C(C(=O)O)CC2=O. The predicted octanol–water partition coefficient (Wildman–Crippen LogP) is 5.94. The standard InChI is InChI=1S/C25H41N3O4SSi/c1-16(2)34(17(3)4,18(5)6)32-15-25(11-9-8-10-12-25)28-20(23(30)31)13-21(29)19-14-26-24(33-7)27-22(19)28/h14,16-18,20H,8-13,15H2,1-7H3,(H,30,31). The van der Waals surface area contributed by atoms with Crippen molar-refractivity contribution in [3.63, 3.8) is 0 Å². The monoisotopic (exact) mass is 507 g/mol. The van der Waals surface area contributed by atoms with E-state index in [9.17, 15) is 14.7 Å². The normalized spacial score (nSPS) is 20.8. The Hall–Kier alpha value is -1.45. The molecule has 1 unspecified atom stereocenters. The lowest BCUT2D eigenvalue weighted by Gasteiger charge is -2.53. The van der Waals surface area contributed by atoms with Crippen molar-refractivity contribution < 1.29 is 19.1 Å². The van der Waals surface area contributed by atoms with Gasteiger partial charge in [-0.3, -0.25) is 4.79 Å². The van der Waals surface area contributed by atoms with Crippen LogP contribution >= 0.6 is 11.8 Å². The molecule has 1 aliphatic heterocycles. The first-order valence-corrected chi connectivity index (χ1v) is 16.0. The highest BCUT2D eigenvalue weighted by atomic mass is 32.2. The molecule has 0 amide bonds. The van der Waals surface area contributed by atoms with E-state index in [4.69, 9.17) is 9.41 Å². The fraction of sp³-hybridized carbons (Fsp3) is 0.760. The fourth-order valence-corrected chi connectivity index (χ4v) is 12.4. The van der Waals surface area contributed by atoms with Crippen molar-refractivity contribution in [1.82, 2.24) is 9.97 Å². The predicted molar refractivity (Wildman–Crippen MR) is 139 cm³/mol. The molecule has 7 nitrogen and oxygen atoms in total. The van der Waals surface area contributed by atoms with Gasteiger partial charge in [-0.25, -0.2) is 14.8 Å². The van der Waals surface area contributed by atoms with Gasteiger partial charge < -0.3 is 14.4 Å². The molecule has 1 aromatic rings. The van der Waals surface area contributed by atoms with E-state index in [1.165, 1.54) is 11.8 Å². The molecule has 2 aliphatic rings. The van der Waals surface area contributed by atoms with Crippen LogP contribution in [0.15, 0.2) is 11.4 Å². The molecule has 1 atom stereocenters. The zero-order valence-electron chi connectivity index (χ0n) is 21.8. The third-order valence-corrected chi connectivity index (χ3v) is 14.6. The van der Waals surface area contributed by atoms with E-state index in [1.807, 2.05) is 11.2 Å². The van der Waals surface area contributed by atoms with Crippen molar-refractivity contribution in [1.29, 1.82) is 0 Å². The molecule has 0 radical (unpaired) electrons. The van der Waals surface area contributed by atoms with Gasteiger partial charge in [-0.15, -0.1) is 0 Å². The van der Waals surface area contributed by atoms with Crippen LogP contribution in [0.5, 0.6) is 0 Å². The van der Waals surface area contributed by atoms with Gasteiger partial charge in [0, 0.05) is 12.6 Å². The smallest absolute Gasteiger partial charge is 0.326 e. The Labute approximate surface area is 209 Å². The van der Waals surface area contributed by atoms with Crippen LogP contribution in [0.3, 0.4) is 0 Å². The summed E-state index contributed by atoms with van der Waals surface area (Å²) in [6.45, 7) is 14.1. The number of rotatable bonds is 9. The maximum Gasteiger partial charge on any atom is 0.326 e. The van der Waals surface area contributed by atoms with Crippen LogP contribution in [0.4, 0.5) is 5.82 Å². The van der Waals surface area contributed by atoms with Crippen molar-refractivity contribution in [3.8, 4) is 0 Å². The Bertz CT molecular complexity index is 880. The molecular weight excluding hydrogens is 466 g/mol. The minimum Gasteiger partial charge on any atom is -0.480 e. The number of hydrogen-bond acceptors (Lipinski definition) is 7. The van der Waals surface area contributed by atoms with Crippen molar-refractivity contribution in [2.24, 2.45) is 0 Å². The van der Waals surface area contributed by atoms with Gasteiger partial charge in [0.25, 0.3) is 0 Å². The van der Waals surface area contributed by atoms with Gasteiger partial charge in [-0.2, -0.15) is 0 Å². The number of aliphatic carboxylic acids is 1. The van der Waals surface area contributed by atoms with Crippen LogP contribution in [-0.4, -0.2) is 59.6 Å². The molecule has 1 N–H and O–H groups in total. The average Bonchev–Trinajstić information content (AvgIpc) is 2.78. The van der Waals surface area contributed by atoms with E-state index in [0.29, 0.717) is 39.8 Å². The fourth-order valence-electron chi connectivity index (χ4n) is 6.54. The second-order valence-corrected chi connectivity index (χ2v) is 17.1. The molecule has 34 heavy (non-hydrogen) atoms. The highest BCUT2D eigenvalue weighted by Gasteiger charge is 2.52. The number of nitrogens with zero attached hydrogens (tertiary/aromatic N) is 3. The first-order chi connectivity index (χ1) is 16.0. The minimum atomic E-state index is -2.17. The zero-order valence-corrected chi connectivity index (χ0v) is 23.6. The molecule has 1 aliphatic carbocycles. The van der Waals surface area contributed by atoms with Crippen molar-refractivity contribution in [2.75, 3.05) is 17.8 Å². The first kappa shape index (κ1) is 27.1. The van der Waals surface area contributed by atoms with Gasteiger partial charge in [0.05, 0.1) is 17.7 Å². The van der Waals surface area contributed by atoms with Crippen LogP contribution in [0.2, 0.25) is 16.6 Å². The summed E-state index contributed by atoms with van der Waals surface area (Å²) in [5, 5.41) is 10.8. The summed E-state index contributed by atoms with van der Waals surface area (Å²) >= 11 is 1.40. The molecular formula is C25H41N3O4SSi. The average molecular weight is 508 g/mol. The molecule has 3 rings (SSSR count). The van der Waals surface area contributed by atoms with Crippen LogP contribution in [0.25, 0.3) is 0 Å². The summed E-state index contributed by atoms with van der Waals surface area (Å²) in [5.41, 5.74) is 1.23. The molecule has 2 heterocycles. The Morgan fingerprint density at radius 3 is 2.26 bits per heavy atom. The second kappa shape index (κ2) is 10.7. The van der Waals surface area contributed by atoms with E-state index in [1.54, 1.807) is 6.20 Å². The van der Waals surface area contributed by atoms with Gasteiger partial charge >= 0.3 is 5.97 Å². The number of thioether (sulfide) groups is 1. The van der Waals surface area contributed by atoms with Crippen molar-refractivity contribution >= 4 is 37.6 Å². The topological polar surface area (TPSA) is 92.6 Å². The minimum absolute atomic E-state index is 0.0623. The summed E-state index contributed by atoms with van der Waals surface area (Å²) in [5.74, 6) is -0.707. The van der Waals surface area contributed by atoms with Gasteiger partial charge in [0.2, 0.25) is 0 Å². The summed E-state index contributed by atoms with van der Waals surface area (Å²) in [6, 6.07) is -0.945. The summed E-state index contributed by atoms with van der Waals surface area (Å²) < 4.78 is 7.11. The maximum absolute atomic E-state index is 12.9. The van der Waals surface area contributed by atoms with Crippen molar-refractivity contribution in [3.05, 3.63) is 11.8 Å². The molecule has 1 fully saturated rings. The third-order valence-electron chi connectivity index (χ3n) is 8.03. The molecule has 0 spiro atoms. The number of anilines is 1. The zero-order chi connectivity index (χ0) is 25.3. The second-order valence-electron chi connectivity index (χ2n) is 10.8. The number of hydrogen-bond donors (Lipinski definition) is 1. The Balaban J connectivity index is 2.14. The summed E-state index contributed by atoms with van der Waals surface area (Å²) in [7, 11) is -2.17. The van der Waals surface area contributed by atoms with Crippen LogP contribution in [0, 0.1) is 0 Å². The molecule has 9 heteroatoms. The summed E-state index contributed by atoms with van der Waals surface area (Å²) in [4.78, 5) is 36.4. The largest absolute Gasteiger partial charge is 0.480 e. The number of carbonyl (C=O) groups excluding carboxylic acids is 1. The van der Waals surface area contributed by atoms with E-state index in [2.05, 4.69) is 46.5 Å². The van der Waals surface area contributed by atoms with Crippen molar-refractivity contribution in [2.45, 2.75) is 113 Å². The lowest BCUT2D eigenvalue weighted by molar-refractivity contribution is -0.139. The van der Waals surface area contributed by atoms with E-state index in [-0.39, 0.29) is 12.2 Å². The van der Waals surface area contributed by atoms with Gasteiger partial charge in [-0.1, -0.05) is 72.6 Å². The molecule has 1 aromatic heterocycles. The molecule has 0 bridgehead atoms. The number of carboxylic acid groups (broad SMARTS) is 1. The molecule has 0 saturated heterocycles. The lowest BCUT2D eigenvalue weighted by atomic mass is 9.78. The highest BCUT2D eigenvalue weighted by molar-refractivity contribution is 7.98. The third kappa shape index (κ3) is 4.80. The first-order valence-electron chi connectivity index (χ1n) is 12.6. The maximum atomic E-state index is 12.9. The van der Waals surface area contributed by atoms with Crippen LogP contribution in [0.1, 0.15) is 90.4 Å². The number of ketones is 1. The number of Topliss-reactive ketones (excluding diaryl/α,β-unsaturated/α-hetero) is 1. The highest BCUT2D eigenvalue weighted by Crippen LogP contribution is 2.47. The number of carbonyl (C=O) groups is 2. The van der Waals surface area contributed by atoms with Gasteiger partial charge in [0.1, 0.15) is 11.9 Å². The number of fused-ring (bicyclic) bond motifs is 1. The number of aromatic nitrogens is 2. The van der Waals surface area contributed by atoms with Gasteiger partial charge in [-0.05, 0) is 35.7 Å². The lowest BCUT2D eigenvalue weighted by Crippen LogP contribution is -2.64. The summed E-state index contributed by atoms with van der Waals surface area (Å²) in [6.07, 6.45) is 8.22. The quantitative estimate of drug-likeness (QED) is 0.249. The molecule has 190 valence electrons. The Morgan fingerprint density at radius 1 is 1.18 bits per heavy atom. The van der Waals surface area contributed by atoms with E-state index >= 15 is 0 Å². The molecule has 1 saturated carbocycles.